The highest BCUT2D eigenvalue weighted by Gasteiger charge is 2.40. The smallest absolute Gasteiger partial charge is 0.248 e. The Morgan fingerprint density at radius 1 is 1.20 bits per heavy atom. The lowest BCUT2D eigenvalue weighted by atomic mass is 9.95. The third-order valence-electron chi connectivity index (χ3n) is 3.62. The Morgan fingerprint density at radius 3 is 2.40 bits per heavy atom. The molecule has 0 spiro atoms. The van der Waals surface area contributed by atoms with E-state index in [1.54, 1.807) is 4.90 Å². The van der Waals surface area contributed by atoms with Crippen LogP contribution in [0.25, 0.3) is 0 Å². The van der Waals surface area contributed by atoms with Gasteiger partial charge in [0.15, 0.2) is 0 Å². The first kappa shape index (κ1) is 14.6. The molecule has 1 saturated heterocycles. The van der Waals surface area contributed by atoms with Crippen LogP contribution in [-0.4, -0.2) is 29.3 Å². The third-order valence-corrected chi connectivity index (χ3v) is 3.62. The molecule has 0 saturated carbocycles. The Balaban J connectivity index is 2.27. The first-order valence-electron chi connectivity index (χ1n) is 7.20. The van der Waals surface area contributed by atoms with Gasteiger partial charge in [-0.05, 0) is 24.8 Å². The van der Waals surface area contributed by atoms with Crippen molar-refractivity contribution in [2.45, 2.75) is 39.3 Å². The van der Waals surface area contributed by atoms with Crippen LogP contribution < -0.4 is 5.32 Å². The second-order valence-corrected chi connectivity index (χ2v) is 5.63. The molecule has 1 N–H and O–H groups in total. The molecule has 20 heavy (non-hydrogen) atoms. The van der Waals surface area contributed by atoms with E-state index in [1.165, 1.54) is 0 Å². The normalized spacial score (nSPS) is 23.1. The van der Waals surface area contributed by atoms with E-state index < -0.39 is 6.04 Å². The Labute approximate surface area is 120 Å². The molecule has 1 aliphatic rings. The summed E-state index contributed by atoms with van der Waals surface area (Å²) < 4.78 is 0. The predicted octanol–water partition coefficient (Wildman–Crippen LogP) is 2.12. The number of hydrogen-bond acceptors (Lipinski definition) is 2. The van der Waals surface area contributed by atoms with Crippen molar-refractivity contribution >= 4 is 11.8 Å². The molecule has 2 unspecified atom stereocenters. The van der Waals surface area contributed by atoms with Crippen LogP contribution in [0.1, 0.15) is 38.8 Å². The quantitative estimate of drug-likeness (QED) is 0.914. The minimum Gasteiger partial charge on any atom is -0.342 e. The summed E-state index contributed by atoms with van der Waals surface area (Å²) in [5, 5.41) is 2.88. The van der Waals surface area contributed by atoms with Gasteiger partial charge in [0.2, 0.25) is 11.8 Å². The molecule has 4 heteroatoms. The number of nitrogens with one attached hydrogen (secondary N) is 1. The number of likely N-dealkylation sites (N-methyl/N-ethyl adjacent to an activating group) is 1. The standard InChI is InChI=1S/C16H22N2O2/c1-4-18-14(12-8-6-5-7-9-12)15(19)17-13(16(18)20)10-11(2)3/h5-9,11,13-14H,4,10H2,1-3H3,(H,17,19). The van der Waals surface area contributed by atoms with Crippen molar-refractivity contribution in [3.05, 3.63) is 35.9 Å². The van der Waals surface area contributed by atoms with E-state index in [4.69, 9.17) is 0 Å². The Kier molecular flexibility index (Phi) is 4.42. The number of carbonyl (C=O) groups is 2. The van der Waals surface area contributed by atoms with Gasteiger partial charge in [-0.3, -0.25) is 9.59 Å². The largest absolute Gasteiger partial charge is 0.342 e. The van der Waals surface area contributed by atoms with Crippen molar-refractivity contribution in [2.75, 3.05) is 6.54 Å². The molecule has 0 aromatic heterocycles. The Bertz CT molecular complexity index is 485. The summed E-state index contributed by atoms with van der Waals surface area (Å²) in [5.74, 6) is 0.314. The summed E-state index contributed by atoms with van der Waals surface area (Å²) in [6.07, 6.45) is 0.683. The van der Waals surface area contributed by atoms with Crippen LogP contribution in [0.4, 0.5) is 0 Å². The van der Waals surface area contributed by atoms with Crippen molar-refractivity contribution in [1.29, 1.82) is 0 Å². The van der Waals surface area contributed by atoms with Crippen LogP contribution in [-0.2, 0) is 9.59 Å². The SMILES string of the molecule is CCN1C(=O)C(CC(C)C)NC(=O)C1c1ccccc1. The number of hydrogen-bond donors (Lipinski definition) is 1. The molecule has 1 aliphatic heterocycles. The summed E-state index contributed by atoms with van der Waals surface area (Å²) in [4.78, 5) is 26.6. The molecule has 0 radical (unpaired) electrons. The molecule has 1 aromatic carbocycles. The van der Waals surface area contributed by atoms with Gasteiger partial charge in [-0.25, -0.2) is 0 Å². The molecule has 1 heterocycles. The third kappa shape index (κ3) is 2.84. The van der Waals surface area contributed by atoms with Crippen molar-refractivity contribution in [3.63, 3.8) is 0 Å². The highest BCUT2D eigenvalue weighted by atomic mass is 16.2. The van der Waals surface area contributed by atoms with Gasteiger partial charge in [0, 0.05) is 6.54 Å². The van der Waals surface area contributed by atoms with Gasteiger partial charge in [0.25, 0.3) is 0 Å². The molecule has 4 nitrogen and oxygen atoms in total. The molecule has 1 fully saturated rings. The lowest BCUT2D eigenvalue weighted by Gasteiger charge is -2.39. The zero-order valence-electron chi connectivity index (χ0n) is 12.3. The molecule has 2 amide bonds. The lowest BCUT2D eigenvalue weighted by Crippen LogP contribution is -2.59. The first-order valence-corrected chi connectivity index (χ1v) is 7.20. The van der Waals surface area contributed by atoms with Crippen LogP contribution in [0.15, 0.2) is 30.3 Å². The zero-order valence-corrected chi connectivity index (χ0v) is 12.3. The van der Waals surface area contributed by atoms with E-state index in [0.29, 0.717) is 18.9 Å². The molecule has 0 bridgehead atoms. The van der Waals surface area contributed by atoms with Gasteiger partial charge in [-0.15, -0.1) is 0 Å². The van der Waals surface area contributed by atoms with Gasteiger partial charge in [0.05, 0.1) is 0 Å². The van der Waals surface area contributed by atoms with E-state index in [0.717, 1.165) is 5.56 Å². The van der Waals surface area contributed by atoms with Crippen LogP contribution >= 0.6 is 0 Å². The van der Waals surface area contributed by atoms with Gasteiger partial charge in [-0.1, -0.05) is 44.2 Å². The van der Waals surface area contributed by atoms with Crippen LogP contribution in [0.2, 0.25) is 0 Å². The maximum absolute atomic E-state index is 12.5. The van der Waals surface area contributed by atoms with Crippen LogP contribution in [0.5, 0.6) is 0 Å². The van der Waals surface area contributed by atoms with Crippen molar-refractivity contribution in [2.24, 2.45) is 5.92 Å². The van der Waals surface area contributed by atoms with Crippen molar-refractivity contribution in [1.82, 2.24) is 10.2 Å². The van der Waals surface area contributed by atoms with E-state index in [2.05, 4.69) is 19.2 Å². The summed E-state index contributed by atoms with van der Waals surface area (Å²) >= 11 is 0. The Hall–Kier alpha value is -1.84. The van der Waals surface area contributed by atoms with Gasteiger partial charge < -0.3 is 10.2 Å². The number of rotatable bonds is 4. The fraction of sp³-hybridized carbons (Fsp3) is 0.500. The maximum atomic E-state index is 12.5. The second kappa shape index (κ2) is 6.07. The number of nitrogens with zero attached hydrogens (tertiary/aromatic N) is 1. The molecule has 108 valence electrons. The van der Waals surface area contributed by atoms with Gasteiger partial charge in [-0.2, -0.15) is 0 Å². The van der Waals surface area contributed by atoms with Crippen molar-refractivity contribution < 1.29 is 9.59 Å². The number of amides is 2. The lowest BCUT2D eigenvalue weighted by molar-refractivity contribution is -0.149. The topological polar surface area (TPSA) is 49.4 Å². The summed E-state index contributed by atoms with van der Waals surface area (Å²) in [6.45, 7) is 6.57. The highest BCUT2D eigenvalue weighted by molar-refractivity contribution is 5.97. The molecule has 2 atom stereocenters. The van der Waals surface area contributed by atoms with Gasteiger partial charge in [0.1, 0.15) is 12.1 Å². The van der Waals surface area contributed by atoms with Crippen LogP contribution in [0.3, 0.4) is 0 Å². The van der Waals surface area contributed by atoms with Crippen LogP contribution in [0, 0.1) is 5.92 Å². The van der Waals surface area contributed by atoms with E-state index in [-0.39, 0.29) is 17.9 Å². The van der Waals surface area contributed by atoms with Crippen molar-refractivity contribution in [3.8, 4) is 0 Å². The fourth-order valence-corrected chi connectivity index (χ4v) is 2.72. The molecule has 0 aliphatic carbocycles. The zero-order chi connectivity index (χ0) is 14.7. The van der Waals surface area contributed by atoms with E-state index in [1.807, 2.05) is 37.3 Å². The predicted molar refractivity (Wildman–Crippen MR) is 78.0 cm³/mol. The second-order valence-electron chi connectivity index (χ2n) is 5.63. The average Bonchev–Trinajstić information content (AvgIpc) is 2.42. The fourth-order valence-electron chi connectivity index (χ4n) is 2.72. The number of carbonyl (C=O) groups excluding carboxylic acids is 2. The average molecular weight is 274 g/mol. The number of benzene rings is 1. The van der Waals surface area contributed by atoms with Gasteiger partial charge >= 0.3 is 0 Å². The first-order chi connectivity index (χ1) is 9.54. The van der Waals surface area contributed by atoms with E-state index in [9.17, 15) is 9.59 Å². The summed E-state index contributed by atoms with van der Waals surface area (Å²) in [7, 11) is 0. The maximum Gasteiger partial charge on any atom is 0.248 e. The monoisotopic (exact) mass is 274 g/mol. The minimum absolute atomic E-state index is 0.0228. The highest BCUT2D eigenvalue weighted by Crippen LogP contribution is 2.26. The molecule has 2 rings (SSSR count). The van der Waals surface area contributed by atoms with E-state index >= 15 is 0 Å². The molecular weight excluding hydrogens is 252 g/mol. The minimum atomic E-state index is -0.503. The summed E-state index contributed by atoms with van der Waals surface area (Å²) in [6, 6.07) is 8.58. The molecular formula is C16H22N2O2. The number of piperazine rings is 1. The molecule has 1 aromatic rings. The Morgan fingerprint density at radius 2 is 1.85 bits per heavy atom. The summed E-state index contributed by atoms with van der Waals surface area (Å²) in [5.41, 5.74) is 0.864.